The molecule has 0 aliphatic rings. The summed E-state index contributed by atoms with van der Waals surface area (Å²) in [6.07, 6.45) is 0.328. The summed E-state index contributed by atoms with van der Waals surface area (Å²) in [7, 11) is 1.47. The minimum atomic E-state index is -0.807. The first kappa shape index (κ1) is 18.8. The minimum absolute atomic E-state index is 0.237. The van der Waals surface area contributed by atoms with Crippen LogP contribution in [0, 0.1) is 0 Å². The van der Waals surface area contributed by atoms with Crippen LogP contribution >= 0.6 is 11.6 Å². The van der Waals surface area contributed by atoms with E-state index >= 15 is 0 Å². The SMILES string of the molecule is CCOC(=O)[C@H](Cc1ccccc1)NC(=O)c1cc(Cl)ccc1OC. The van der Waals surface area contributed by atoms with Crippen molar-refractivity contribution in [2.45, 2.75) is 19.4 Å². The third-order valence-corrected chi connectivity index (χ3v) is 3.80. The monoisotopic (exact) mass is 361 g/mol. The number of carbonyl (C=O) groups is 2. The van der Waals surface area contributed by atoms with Gasteiger partial charge < -0.3 is 14.8 Å². The molecule has 0 fully saturated rings. The Hall–Kier alpha value is -2.53. The molecule has 1 N–H and O–H groups in total. The van der Waals surface area contributed by atoms with Gasteiger partial charge in [-0.15, -0.1) is 0 Å². The molecule has 2 aromatic carbocycles. The van der Waals surface area contributed by atoms with Crippen LogP contribution in [-0.4, -0.2) is 31.6 Å². The fourth-order valence-corrected chi connectivity index (χ4v) is 2.55. The van der Waals surface area contributed by atoms with Crippen molar-refractivity contribution in [1.29, 1.82) is 0 Å². The average molecular weight is 362 g/mol. The number of benzene rings is 2. The van der Waals surface area contributed by atoms with Crippen LogP contribution in [0.2, 0.25) is 5.02 Å². The molecule has 0 heterocycles. The summed E-state index contributed by atoms with van der Waals surface area (Å²) in [6.45, 7) is 1.96. The third kappa shape index (κ3) is 5.22. The molecule has 25 heavy (non-hydrogen) atoms. The van der Waals surface area contributed by atoms with Gasteiger partial charge in [0.15, 0.2) is 0 Å². The molecule has 2 aromatic rings. The molecule has 0 spiro atoms. The van der Waals surface area contributed by atoms with Crippen LogP contribution < -0.4 is 10.1 Å². The van der Waals surface area contributed by atoms with Crippen molar-refractivity contribution in [2.24, 2.45) is 0 Å². The second-order valence-electron chi connectivity index (χ2n) is 5.31. The van der Waals surface area contributed by atoms with E-state index in [-0.39, 0.29) is 12.2 Å². The maximum absolute atomic E-state index is 12.6. The minimum Gasteiger partial charge on any atom is -0.496 e. The number of carbonyl (C=O) groups excluding carboxylic acids is 2. The molecule has 1 atom stereocenters. The summed E-state index contributed by atoms with van der Waals surface area (Å²) in [4.78, 5) is 24.9. The van der Waals surface area contributed by atoms with Crippen LogP contribution in [0.15, 0.2) is 48.5 Å². The molecule has 0 bridgehead atoms. The number of methoxy groups -OCH3 is 1. The second kappa shape index (κ2) is 9.08. The molecule has 5 nitrogen and oxygen atoms in total. The van der Waals surface area contributed by atoms with Crippen molar-refractivity contribution in [3.05, 3.63) is 64.7 Å². The van der Waals surface area contributed by atoms with Crippen molar-refractivity contribution >= 4 is 23.5 Å². The van der Waals surface area contributed by atoms with Crippen LogP contribution in [0.1, 0.15) is 22.8 Å². The molecule has 0 saturated carbocycles. The number of ether oxygens (including phenoxy) is 2. The smallest absolute Gasteiger partial charge is 0.328 e. The Balaban J connectivity index is 2.22. The zero-order valence-electron chi connectivity index (χ0n) is 14.1. The van der Waals surface area contributed by atoms with Crippen LogP contribution in [0.5, 0.6) is 5.75 Å². The van der Waals surface area contributed by atoms with E-state index < -0.39 is 17.9 Å². The third-order valence-electron chi connectivity index (χ3n) is 3.57. The van der Waals surface area contributed by atoms with E-state index in [4.69, 9.17) is 21.1 Å². The van der Waals surface area contributed by atoms with Gasteiger partial charge >= 0.3 is 5.97 Å². The summed E-state index contributed by atoms with van der Waals surface area (Å²) in [5.41, 5.74) is 1.18. The van der Waals surface area contributed by atoms with E-state index in [2.05, 4.69) is 5.32 Å². The largest absolute Gasteiger partial charge is 0.496 e. The summed E-state index contributed by atoms with van der Waals surface area (Å²) in [6, 6.07) is 13.3. The molecule has 1 amide bonds. The van der Waals surface area contributed by atoms with Crippen molar-refractivity contribution < 1.29 is 19.1 Å². The standard InChI is InChI=1S/C19H20ClNO4/c1-3-25-19(23)16(11-13-7-5-4-6-8-13)21-18(22)15-12-14(20)9-10-17(15)24-2/h4-10,12,16H,3,11H2,1-2H3,(H,21,22)/t16-/m0/s1. The van der Waals surface area contributed by atoms with Crippen LogP contribution in [0.3, 0.4) is 0 Å². The number of hydrogen-bond donors (Lipinski definition) is 1. The van der Waals surface area contributed by atoms with E-state index in [9.17, 15) is 9.59 Å². The average Bonchev–Trinajstić information content (AvgIpc) is 2.62. The number of amides is 1. The molecule has 132 valence electrons. The zero-order chi connectivity index (χ0) is 18.2. The Labute approximate surface area is 151 Å². The van der Waals surface area contributed by atoms with Crippen LogP contribution in [0.25, 0.3) is 0 Å². The molecule has 2 rings (SSSR count). The van der Waals surface area contributed by atoms with Crippen molar-refractivity contribution in [3.63, 3.8) is 0 Å². The van der Waals surface area contributed by atoms with Gasteiger partial charge in [-0.3, -0.25) is 4.79 Å². The fourth-order valence-electron chi connectivity index (χ4n) is 2.38. The number of nitrogens with one attached hydrogen (secondary N) is 1. The summed E-state index contributed by atoms with van der Waals surface area (Å²) < 4.78 is 10.3. The second-order valence-corrected chi connectivity index (χ2v) is 5.75. The Bertz CT molecular complexity index is 733. The van der Waals surface area contributed by atoms with Gasteiger partial charge in [-0.1, -0.05) is 41.9 Å². The van der Waals surface area contributed by atoms with Gasteiger partial charge in [0.05, 0.1) is 19.3 Å². The molecule has 0 aliphatic carbocycles. The molecular weight excluding hydrogens is 342 g/mol. The molecule has 0 radical (unpaired) electrons. The van der Waals surface area contributed by atoms with Gasteiger partial charge in [0.1, 0.15) is 11.8 Å². The molecule has 0 aliphatic heterocycles. The van der Waals surface area contributed by atoms with E-state index in [1.54, 1.807) is 19.1 Å². The number of rotatable bonds is 7. The van der Waals surface area contributed by atoms with E-state index in [0.717, 1.165) is 5.56 Å². The van der Waals surface area contributed by atoms with Gasteiger partial charge in [-0.2, -0.15) is 0 Å². The van der Waals surface area contributed by atoms with Crippen molar-refractivity contribution in [1.82, 2.24) is 5.32 Å². The van der Waals surface area contributed by atoms with E-state index in [0.29, 0.717) is 17.2 Å². The first-order valence-electron chi connectivity index (χ1n) is 7.90. The Kier molecular flexibility index (Phi) is 6.83. The Morgan fingerprint density at radius 1 is 1.16 bits per heavy atom. The summed E-state index contributed by atoms with van der Waals surface area (Å²) >= 11 is 5.97. The number of halogens is 1. The Morgan fingerprint density at radius 3 is 2.52 bits per heavy atom. The molecular formula is C19H20ClNO4. The maximum atomic E-state index is 12.6. The highest BCUT2D eigenvalue weighted by molar-refractivity contribution is 6.31. The van der Waals surface area contributed by atoms with Gasteiger partial charge in [-0.05, 0) is 30.7 Å². The van der Waals surface area contributed by atoms with Crippen molar-refractivity contribution in [3.8, 4) is 5.75 Å². The van der Waals surface area contributed by atoms with E-state index in [1.807, 2.05) is 30.3 Å². The first-order chi connectivity index (χ1) is 12.0. The predicted molar refractivity (Wildman–Crippen MR) is 96.0 cm³/mol. The molecule has 6 heteroatoms. The van der Waals surface area contributed by atoms with Gasteiger partial charge in [-0.25, -0.2) is 4.79 Å². The van der Waals surface area contributed by atoms with Crippen molar-refractivity contribution in [2.75, 3.05) is 13.7 Å². The van der Waals surface area contributed by atoms with Crippen LogP contribution in [0.4, 0.5) is 0 Å². The van der Waals surface area contributed by atoms with Crippen LogP contribution in [-0.2, 0) is 16.0 Å². The lowest BCUT2D eigenvalue weighted by atomic mass is 10.1. The zero-order valence-corrected chi connectivity index (χ0v) is 14.9. The van der Waals surface area contributed by atoms with Gasteiger partial charge in [0.25, 0.3) is 5.91 Å². The fraction of sp³-hybridized carbons (Fsp3) is 0.263. The molecule has 0 aromatic heterocycles. The predicted octanol–water partition coefficient (Wildman–Crippen LogP) is 3.25. The maximum Gasteiger partial charge on any atom is 0.328 e. The van der Waals surface area contributed by atoms with Gasteiger partial charge in [0.2, 0.25) is 0 Å². The number of hydrogen-bond acceptors (Lipinski definition) is 4. The lowest BCUT2D eigenvalue weighted by molar-refractivity contribution is -0.145. The summed E-state index contributed by atoms with van der Waals surface area (Å²) in [5, 5.41) is 3.12. The topological polar surface area (TPSA) is 64.6 Å². The number of esters is 1. The molecule has 0 saturated heterocycles. The summed E-state index contributed by atoms with van der Waals surface area (Å²) in [5.74, 6) is -0.557. The quantitative estimate of drug-likeness (QED) is 0.769. The van der Waals surface area contributed by atoms with E-state index in [1.165, 1.54) is 13.2 Å². The molecule has 0 unspecified atom stereocenters. The van der Waals surface area contributed by atoms with Gasteiger partial charge in [0, 0.05) is 11.4 Å². The highest BCUT2D eigenvalue weighted by Gasteiger charge is 2.24. The lowest BCUT2D eigenvalue weighted by Gasteiger charge is -2.18. The normalized spacial score (nSPS) is 11.5. The lowest BCUT2D eigenvalue weighted by Crippen LogP contribution is -2.43. The Morgan fingerprint density at radius 2 is 1.88 bits per heavy atom. The highest BCUT2D eigenvalue weighted by atomic mass is 35.5. The first-order valence-corrected chi connectivity index (χ1v) is 8.28. The highest BCUT2D eigenvalue weighted by Crippen LogP contribution is 2.22.